The summed E-state index contributed by atoms with van der Waals surface area (Å²) in [6, 6.07) is 13.0. The molecule has 136 valence electrons. The van der Waals surface area contributed by atoms with Gasteiger partial charge in [0.1, 0.15) is 11.3 Å². The molecular formula is C19H17N5O2S. The van der Waals surface area contributed by atoms with Gasteiger partial charge in [0.15, 0.2) is 5.13 Å². The fraction of sp³-hybridized carbons (Fsp3) is 0.158. The number of hydrogen-bond donors (Lipinski definition) is 1. The minimum Gasteiger partial charge on any atom is -0.497 e. The monoisotopic (exact) mass is 379 g/mol. The van der Waals surface area contributed by atoms with Gasteiger partial charge in [0, 0.05) is 23.1 Å². The third-order valence-corrected chi connectivity index (χ3v) is 4.94. The molecule has 4 aromatic rings. The van der Waals surface area contributed by atoms with Gasteiger partial charge in [-0.2, -0.15) is 0 Å². The molecule has 0 unspecified atom stereocenters. The van der Waals surface area contributed by atoms with E-state index in [0.717, 1.165) is 29.1 Å². The first-order valence-corrected chi connectivity index (χ1v) is 9.30. The van der Waals surface area contributed by atoms with Crippen molar-refractivity contribution in [3.05, 3.63) is 53.4 Å². The van der Waals surface area contributed by atoms with Crippen LogP contribution in [0.25, 0.3) is 22.3 Å². The van der Waals surface area contributed by atoms with Crippen LogP contribution in [0, 0.1) is 0 Å². The SMILES string of the molecule is CCn1nnc2cc(C(=O)Nc3nc(-c4ccc(OC)cc4)cs3)ccc21. The molecule has 0 saturated heterocycles. The van der Waals surface area contributed by atoms with Crippen molar-refractivity contribution in [2.24, 2.45) is 0 Å². The first-order valence-electron chi connectivity index (χ1n) is 8.42. The van der Waals surface area contributed by atoms with Crippen LogP contribution < -0.4 is 10.1 Å². The van der Waals surface area contributed by atoms with Gasteiger partial charge in [-0.1, -0.05) is 5.21 Å². The number of carbonyl (C=O) groups is 1. The second-order valence-corrected chi connectivity index (χ2v) is 6.69. The summed E-state index contributed by atoms with van der Waals surface area (Å²) in [7, 11) is 1.63. The third-order valence-electron chi connectivity index (χ3n) is 4.19. The Morgan fingerprint density at radius 2 is 2.04 bits per heavy atom. The number of anilines is 1. The summed E-state index contributed by atoms with van der Waals surface area (Å²) in [6.07, 6.45) is 0. The van der Waals surface area contributed by atoms with Crippen molar-refractivity contribution in [1.82, 2.24) is 20.0 Å². The average Bonchev–Trinajstić information content (AvgIpc) is 3.34. The smallest absolute Gasteiger partial charge is 0.257 e. The summed E-state index contributed by atoms with van der Waals surface area (Å²) in [5, 5.41) is 13.5. The van der Waals surface area contributed by atoms with Crippen molar-refractivity contribution in [3.8, 4) is 17.0 Å². The zero-order chi connectivity index (χ0) is 18.8. The number of nitrogens with one attached hydrogen (secondary N) is 1. The van der Waals surface area contributed by atoms with Gasteiger partial charge in [-0.05, 0) is 49.4 Å². The zero-order valence-electron chi connectivity index (χ0n) is 14.8. The Bertz CT molecular complexity index is 1100. The number of fused-ring (bicyclic) bond motifs is 1. The number of carbonyl (C=O) groups excluding carboxylic acids is 1. The van der Waals surface area contributed by atoms with Gasteiger partial charge in [-0.25, -0.2) is 9.67 Å². The summed E-state index contributed by atoms with van der Waals surface area (Å²) < 4.78 is 6.96. The van der Waals surface area contributed by atoms with E-state index in [1.54, 1.807) is 23.9 Å². The van der Waals surface area contributed by atoms with Gasteiger partial charge in [-0.15, -0.1) is 16.4 Å². The highest BCUT2D eigenvalue weighted by molar-refractivity contribution is 7.14. The molecule has 0 aliphatic carbocycles. The maximum absolute atomic E-state index is 12.5. The standard InChI is InChI=1S/C19H17N5O2S/c1-3-24-17-9-6-13(10-15(17)22-23-24)18(25)21-19-20-16(11-27-19)12-4-7-14(26-2)8-5-12/h4-11H,3H2,1-2H3,(H,20,21,25). The molecular weight excluding hydrogens is 362 g/mol. The Kier molecular flexibility index (Phi) is 4.55. The third kappa shape index (κ3) is 3.39. The molecule has 0 aliphatic heterocycles. The molecule has 7 nitrogen and oxygen atoms in total. The van der Waals surface area contributed by atoms with Gasteiger partial charge in [0.25, 0.3) is 5.91 Å². The lowest BCUT2D eigenvalue weighted by atomic mass is 10.2. The van der Waals surface area contributed by atoms with Crippen molar-refractivity contribution in [3.63, 3.8) is 0 Å². The summed E-state index contributed by atoms with van der Waals surface area (Å²) in [5.41, 5.74) is 3.89. The molecule has 0 radical (unpaired) electrons. The second kappa shape index (κ2) is 7.16. The molecule has 27 heavy (non-hydrogen) atoms. The molecule has 0 atom stereocenters. The maximum Gasteiger partial charge on any atom is 0.257 e. The van der Waals surface area contributed by atoms with E-state index in [0.29, 0.717) is 16.2 Å². The molecule has 0 aliphatic rings. The Morgan fingerprint density at radius 3 is 2.78 bits per heavy atom. The number of aryl methyl sites for hydroxylation is 1. The summed E-state index contributed by atoms with van der Waals surface area (Å²) >= 11 is 1.38. The van der Waals surface area contributed by atoms with Gasteiger partial charge < -0.3 is 4.74 Å². The second-order valence-electron chi connectivity index (χ2n) is 5.83. The van der Waals surface area contributed by atoms with E-state index >= 15 is 0 Å². The Hall–Kier alpha value is -3.26. The van der Waals surface area contributed by atoms with E-state index in [1.165, 1.54) is 11.3 Å². The molecule has 4 rings (SSSR count). The lowest BCUT2D eigenvalue weighted by Crippen LogP contribution is -2.11. The predicted molar refractivity (Wildman–Crippen MR) is 105 cm³/mol. The highest BCUT2D eigenvalue weighted by Gasteiger charge is 2.12. The summed E-state index contributed by atoms with van der Waals surface area (Å²) in [4.78, 5) is 17.0. The number of methoxy groups -OCH3 is 1. The minimum absolute atomic E-state index is 0.224. The zero-order valence-corrected chi connectivity index (χ0v) is 15.7. The first kappa shape index (κ1) is 17.2. The number of nitrogens with zero attached hydrogens (tertiary/aromatic N) is 4. The number of amides is 1. The normalized spacial score (nSPS) is 10.9. The lowest BCUT2D eigenvalue weighted by molar-refractivity contribution is 0.102. The Labute approximate surface area is 159 Å². The molecule has 1 amide bonds. The van der Waals surface area contributed by atoms with Crippen LogP contribution in [0.2, 0.25) is 0 Å². The van der Waals surface area contributed by atoms with Crippen LogP contribution in [0.4, 0.5) is 5.13 Å². The first-order chi connectivity index (χ1) is 13.2. The predicted octanol–water partition coefficient (Wildman–Crippen LogP) is 3.84. The highest BCUT2D eigenvalue weighted by atomic mass is 32.1. The van der Waals surface area contributed by atoms with Gasteiger partial charge >= 0.3 is 0 Å². The molecule has 0 bridgehead atoms. The van der Waals surface area contributed by atoms with Crippen LogP contribution in [0.1, 0.15) is 17.3 Å². The van der Waals surface area contributed by atoms with Crippen molar-refractivity contribution >= 4 is 33.4 Å². The number of ether oxygens (including phenoxy) is 1. The van der Waals surface area contributed by atoms with Crippen molar-refractivity contribution in [2.45, 2.75) is 13.5 Å². The van der Waals surface area contributed by atoms with Crippen LogP contribution in [-0.4, -0.2) is 33.0 Å². The van der Waals surface area contributed by atoms with Crippen LogP contribution in [-0.2, 0) is 6.54 Å². The largest absolute Gasteiger partial charge is 0.497 e. The summed E-state index contributed by atoms with van der Waals surface area (Å²) in [6.45, 7) is 2.73. The van der Waals surface area contributed by atoms with E-state index in [4.69, 9.17) is 4.74 Å². The Morgan fingerprint density at radius 1 is 1.22 bits per heavy atom. The van der Waals surface area contributed by atoms with Crippen LogP contribution in [0.5, 0.6) is 5.75 Å². The van der Waals surface area contributed by atoms with Crippen molar-refractivity contribution in [1.29, 1.82) is 0 Å². The number of hydrogen-bond acceptors (Lipinski definition) is 6. The van der Waals surface area contributed by atoms with Crippen LogP contribution in [0.3, 0.4) is 0 Å². The molecule has 2 aromatic carbocycles. The minimum atomic E-state index is -0.224. The number of thiazole rings is 1. The molecule has 0 spiro atoms. The topological polar surface area (TPSA) is 81.9 Å². The Balaban J connectivity index is 1.52. The number of aromatic nitrogens is 4. The maximum atomic E-state index is 12.5. The quantitative estimate of drug-likeness (QED) is 0.570. The van der Waals surface area contributed by atoms with Crippen molar-refractivity contribution in [2.75, 3.05) is 12.4 Å². The van der Waals surface area contributed by atoms with Crippen LogP contribution >= 0.6 is 11.3 Å². The average molecular weight is 379 g/mol. The molecule has 2 aromatic heterocycles. The van der Waals surface area contributed by atoms with E-state index < -0.39 is 0 Å². The lowest BCUT2D eigenvalue weighted by Gasteiger charge is -2.03. The molecule has 1 N–H and O–H groups in total. The fourth-order valence-electron chi connectivity index (χ4n) is 2.74. The molecule has 0 fully saturated rings. The van der Waals surface area contributed by atoms with Gasteiger partial charge in [0.05, 0.1) is 18.3 Å². The van der Waals surface area contributed by atoms with Gasteiger partial charge in [0.2, 0.25) is 0 Å². The van der Waals surface area contributed by atoms with Crippen LogP contribution in [0.15, 0.2) is 47.8 Å². The molecule has 8 heteroatoms. The number of benzene rings is 2. The number of rotatable bonds is 5. The van der Waals surface area contributed by atoms with Gasteiger partial charge in [-0.3, -0.25) is 10.1 Å². The summed E-state index contributed by atoms with van der Waals surface area (Å²) in [5.74, 6) is 0.566. The highest BCUT2D eigenvalue weighted by Crippen LogP contribution is 2.27. The van der Waals surface area contributed by atoms with E-state index in [1.807, 2.05) is 42.6 Å². The van der Waals surface area contributed by atoms with E-state index in [-0.39, 0.29) is 5.91 Å². The van der Waals surface area contributed by atoms with E-state index in [2.05, 4.69) is 20.6 Å². The van der Waals surface area contributed by atoms with E-state index in [9.17, 15) is 4.79 Å². The molecule has 0 saturated carbocycles. The van der Waals surface area contributed by atoms with Crippen molar-refractivity contribution < 1.29 is 9.53 Å². The molecule has 2 heterocycles. The fourth-order valence-corrected chi connectivity index (χ4v) is 3.46.